The maximum atomic E-state index is 15.3. The first-order valence-electron chi connectivity index (χ1n) is 10.5. The minimum Gasteiger partial charge on any atom is -0.478 e. The molecule has 0 aliphatic heterocycles. The summed E-state index contributed by atoms with van der Waals surface area (Å²) in [4.78, 5) is 18.6. The van der Waals surface area contributed by atoms with Gasteiger partial charge in [-0.05, 0) is 35.7 Å². The number of hydrogen-bond acceptors (Lipinski definition) is 3. The van der Waals surface area contributed by atoms with Gasteiger partial charge in [-0.1, -0.05) is 38.1 Å². The fraction of sp³-hybridized carbons (Fsp3) is 0.200. The zero-order chi connectivity index (χ0) is 24.7. The van der Waals surface area contributed by atoms with Crippen molar-refractivity contribution in [3.05, 3.63) is 76.6 Å². The molecule has 0 amide bonds. The molecule has 4 aromatic rings. The molecule has 0 aliphatic rings. The number of H-pyrrole nitrogens is 1. The first-order chi connectivity index (χ1) is 16.1. The SMILES string of the molecule is Cc1nc2c(C(=O)O)cc(-c3c(F)c(F)c(-c4ccccc4CNC(C)C)c(F)c3F)cc2[nH]1. The minimum absolute atomic E-state index is 0.0147. The molecule has 176 valence electrons. The molecule has 0 saturated heterocycles. The van der Waals surface area contributed by atoms with Crippen LogP contribution in [0.1, 0.15) is 35.6 Å². The van der Waals surface area contributed by atoms with Gasteiger partial charge in [0.25, 0.3) is 0 Å². The summed E-state index contributed by atoms with van der Waals surface area (Å²) in [5.41, 5.74) is -1.79. The zero-order valence-corrected chi connectivity index (χ0v) is 18.6. The van der Waals surface area contributed by atoms with Crippen molar-refractivity contribution in [1.82, 2.24) is 15.3 Å². The maximum Gasteiger partial charge on any atom is 0.337 e. The van der Waals surface area contributed by atoms with E-state index in [-0.39, 0.29) is 40.3 Å². The molecule has 3 N–H and O–H groups in total. The summed E-state index contributed by atoms with van der Waals surface area (Å²) in [6.45, 7) is 5.59. The second-order valence-electron chi connectivity index (χ2n) is 8.25. The lowest BCUT2D eigenvalue weighted by atomic mass is 9.93. The standard InChI is InChI=1S/C25H21F4N3O2/c1-11(2)30-10-13-6-4-5-7-15(13)19-22(28)20(26)18(21(27)23(19)29)14-8-16(25(33)34)24-17(9-14)31-12(3)32-24/h4-9,11,30H,10H2,1-3H3,(H,31,32)(H,33,34). The molecule has 5 nitrogen and oxygen atoms in total. The number of aryl methyl sites for hydroxylation is 1. The van der Waals surface area contributed by atoms with Crippen molar-refractivity contribution in [1.29, 1.82) is 0 Å². The summed E-state index contributed by atoms with van der Waals surface area (Å²) in [6, 6.07) is 8.41. The van der Waals surface area contributed by atoms with Crippen molar-refractivity contribution in [3.63, 3.8) is 0 Å². The van der Waals surface area contributed by atoms with Crippen molar-refractivity contribution in [2.45, 2.75) is 33.4 Å². The molecule has 0 aliphatic carbocycles. The Morgan fingerprint density at radius 2 is 1.65 bits per heavy atom. The van der Waals surface area contributed by atoms with Crippen molar-refractivity contribution >= 4 is 17.0 Å². The third kappa shape index (κ3) is 4.03. The first-order valence-corrected chi connectivity index (χ1v) is 10.5. The summed E-state index contributed by atoms with van der Waals surface area (Å²) >= 11 is 0. The Morgan fingerprint density at radius 1 is 1.03 bits per heavy atom. The number of carboxylic acid groups (broad SMARTS) is 1. The van der Waals surface area contributed by atoms with E-state index in [0.29, 0.717) is 11.4 Å². The van der Waals surface area contributed by atoms with Gasteiger partial charge in [-0.15, -0.1) is 0 Å². The lowest BCUT2D eigenvalue weighted by Gasteiger charge is -2.16. The van der Waals surface area contributed by atoms with Gasteiger partial charge in [0.15, 0.2) is 23.3 Å². The topological polar surface area (TPSA) is 78.0 Å². The fourth-order valence-electron chi connectivity index (χ4n) is 3.90. The van der Waals surface area contributed by atoms with Gasteiger partial charge in [-0.25, -0.2) is 27.3 Å². The molecule has 34 heavy (non-hydrogen) atoms. The molecular weight excluding hydrogens is 450 g/mol. The normalized spacial score (nSPS) is 11.5. The lowest BCUT2D eigenvalue weighted by molar-refractivity contribution is 0.0699. The number of imidazole rings is 1. The molecular formula is C25H21F4N3O2. The second kappa shape index (κ2) is 8.90. The van der Waals surface area contributed by atoms with Crippen molar-refractivity contribution in [2.75, 3.05) is 0 Å². The highest BCUT2D eigenvalue weighted by Gasteiger charge is 2.29. The number of benzene rings is 3. The van der Waals surface area contributed by atoms with Crippen LogP contribution in [0.5, 0.6) is 0 Å². The van der Waals surface area contributed by atoms with E-state index in [1.54, 1.807) is 19.1 Å². The molecule has 4 rings (SSSR count). The van der Waals surface area contributed by atoms with Crippen LogP contribution in [0.3, 0.4) is 0 Å². The van der Waals surface area contributed by atoms with Crippen LogP contribution in [0.15, 0.2) is 36.4 Å². The molecule has 0 fully saturated rings. The smallest absolute Gasteiger partial charge is 0.337 e. The van der Waals surface area contributed by atoms with E-state index >= 15 is 17.6 Å². The van der Waals surface area contributed by atoms with Crippen LogP contribution in [0.2, 0.25) is 0 Å². The lowest BCUT2D eigenvalue weighted by Crippen LogP contribution is -2.22. The Labute approximate surface area is 192 Å². The van der Waals surface area contributed by atoms with Crippen LogP contribution in [0, 0.1) is 30.2 Å². The van der Waals surface area contributed by atoms with E-state index in [1.165, 1.54) is 18.2 Å². The summed E-state index contributed by atoms with van der Waals surface area (Å²) in [6.07, 6.45) is 0. The summed E-state index contributed by atoms with van der Waals surface area (Å²) in [5, 5.41) is 12.6. The Morgan fingerprint density at radius 3 is 2.26 bits per heavy atom. The number of nitrogens with one attached hydrogen (secondary N) is 2. The van der Waals surface area contributed by atoms with Crippen LogP contribution in [0.4, 0.5) is 17.6 Å². The average Bonchev–Trinajstić information content (AvgIpc) is 3.16. The quantitative estimate of drug-likeness (QED) is 0.240. The molecule has 1 aromatic heterocycles. The Hall–Kier alpha value is -3.72. The van der Waals surface area contributed by atoms with E-state index in [2.05, 4.69) is 15.3 Å². The number of carbonyl (C=O) groups is 1. The molecule has 0 saturated carbocycles. The van der Waals surface area contributed by atoms with E-state index < -0.39 is 40.4 Å². The van der Waals surface area contributed by atoms with Crippen LogP contribution in [-0.4, -0.2) is 27.1 Å². The van der Waals surface area contributed by atoms with Gasteiger partial charge >= 0.3 is 5.97 Å². The van der Waals surface area contributed by atoms with E-state index in [4.69, 9.17) is 0 Å². The molecule has 0 radical (unpaired) electrons. The average molecular weight is 471 g/mol. The van der Waals surface area contributed by atoms with Crippen molar-refractivity contribution in [2.24, 2.45) is 0 Å². The van der Waals surface area contributed by atoms with Gasteiger partial charge in [0.2, 0.25) is 0 Å². The monoisotopic (exact) mass is 471 g/mol. The number of halogens is 4. The fourth-order valence-corrected chi connectivity index (χ4v) is 3.90. The molecule has 0 spiro atoms. The highest BCUT2D eigenvalue weighted by molar-refractivity contribution is 6.03. The molecule has 0 unspecified atom stereocenters. The van der Waals surface area contributed by atoms with E-state index in [1.807, 2.05) is 13.8 Å². The summed E-state index contributed by atoms with van der Waals surface area (Å²) < 4.78 is 61.2. The van der Waals surface area contributed by atoms with Crippen molar-refractivity contribution in [3.8, 4) is 22.3 Å². The summed E-state index contributed by atoms with van der Waals surface area (Å²) in [5.74, 6) is -7.40. The number of fused-ring (bicyclic) bond motifs is 1. The Bertz CT molecular complexity index is 1400. The van der Waals surface area contributed by atoms with Gasteiger partial charge < -0.3 is 15.4 Å². The first kappa shape index (κ1) is 23.4. The van der Waals surface area contributed by atoms with E-state index in [0.717, 1.165) is 6.07 Å². The van der Waals surface area contributed by atoms with Crippen LogP contribution >= 0.6 is 0 Å². The number of aromatic amines is 1. The molecule has 0 bridgehead atoms. The number of rotatable bonds is 6. The Kier molecular flexibility index (Phi) is 6.14. The number of nitrogens with zero attached hydrogens (tertiary/aromatic N) is 1. The number of hydrogen-bond donors (Lipinski definition) is 3. The molecule has 3 aromatic carbocycles. The van der Waals surface area contributed by atoms with Gasteiger partial charge in [-0.2, -0.15) is 0 Å². The van der Waals surface area contributed by atoms with Gasteiger partial charge in [0.05, 0.1) is 22.2 Å². The predicted molar refractivity (Wildman–Crippen MR) is 120 cm³/mol. The number of aromatic nitrogens is 2. The number of carboxylic acids is 1. The van der Waals surface area contributed by atoms with Gasteiger partial charge in [0.1, 0.15) is 11.3 Å². The molecule has 9 heteroatoms. The predicted octanol–water partition coefficient (Wildman–Crippen LogP) is 5.96. The number of aromatic carboxylic acids is 1. The van der Waals surface area contributed by atoms with Crippen LogP contribution in [-0.2, 0) is 6.54 Å². The molecule has 0 atom stereocenters. The second-order valence-corrected chi connectivity index (χ2v) is 8.25. The zero-order valence-electron chi connectivity index (χ0n) is 18.6. The highest BCUT2D eigenvalue weighted by Crippen LogP contribution is 2.39. The maximum absolute atomic E-state index is 15.3. The third-order valence-electron chi connectivity index (χ3n) is 5.47. The largest absolute Gasteiger partial charge is 0.478 e. The van der Waals surface area contributed by atoms with Gasteiger partial charge in [-0.3, -0.25) is 0 Å². The summed E-state index contributed by atoms with van der Waals surface area (Å²) in [7, 11) is 0. The van der Waals surface area contributed by atoms with E-state index in [9.17, 15) is 9.90 Å². The minimum atomic E-state index is -1.62. The Balaban J connectivity index is 1.95. The third-order valence-corrected chi connectivity index (χ3v) is 5.47. The van der Waals surface area contributed by atoms with Gasteiger partial charge in [0, 0.05) is 12.6 Å². The van der Waals surface area contributed by atoms with Crippen LogP contribution < -0.4 is 5.32 Å². The molecule has 1 heterocycles. The van der Waals surface area contributed by atoms with Crippen molar-refractivity contribution < 1.29 is 27.5 Å². The highest BCUT2D eigenvalue weighted by atomic mass is 19.2. The van der Waals surface area contributed by atoms with Crippen LogP contribution in [0.25, 0.3) is 33.3 Å².